The minimum absolute atomic E-state index is 0.289. The van der Waals surface area contributed by atoms with Crippen LogP contribution < -0.4 is 5.32 Å². The Balaban J connectivity index is 1.91. The Morgan fingerprint density at radius 2 is 2.20 bits per heavy atom. The quantitative estimate of drug-likeness (QED) is 0.754. The normalized spacial score (nSPS) is 30.1. The van der Waals surface area contributed by atoms with Gasteiger partial charge in [0.1, 0.15) is 0 Å². The zero-order chi connectivity index (χ0) is 10.1. The average molecular weight is 203 g/mol. The number of ether oxygens (including phenoxy) is 1. The molecule has 0 unspecified atom stereocenters. The van der Waals surface area contributed by atoms with Crippen molar-refractivity contribution in [3.05, 3.63) is 35.4 Å². The van der Waals surface area contributed by atoms with Gasteiger partial charge in [-0.05, 0) is 36.9 Å². The molecule has 1 aromatic carbocycles. The van der Waals surface area contributed by atoms with Crippen LogP contribution in [0.15, 0.2) is 24.3 Å². The zero-order valence-electron chi connectivity index (χ0n) is 8.91. The SMILES string of the molecule is c1ccc2c(c1)CCO[C@H]2[C@@H]1CCCN1. The summed E-state index contributed by atoms with van der Waals surface area (Å²) in [6.07, 6.45) is 3.89. The first-order valence-corrected chi connectivity index (χ1v) is 5.88. The molecule has 1 aromatic rings. The Kier molecular flexibility index (Phi) is 2.47. The molecule has 0 amide bonds. The van der Waals surface area contributed by atoms with E-state index in [0.717, 1.165) is 19.6 Å². The minimum Gasteiger partial charge on any atom is -0.372 e. The molecule has 0 aromatic heterocycles. The van der Waals surface area contributed by atoms with Gasteiger partial charge in [0, 0.05) is 6.04 Å². The molecule has 0 bridgehead atoms. The molecule has 2 heteroatoms. The fourth-order valence-corrected chi connectivity index (χ4v) is 2.73. The van der Waals surface area contributed by atoms with Crippen molar-refractivity contribution in [1.82, 2.24) is 5.32 Å². The second kappa shape index (κ2) is 3.95. The van der Waals surface area contributed by atoms with E-state index < -0.39 is 0 Å². The third-order valence-electron chi connectivity index (χ3n) is 3.49. The lowest BCUT2D eigenvalue weighted by atomic mass is 9.93. The number of rotatable bonds is 1. The summed E-state index contributed by atoms with van der Waals surface area (Å²) in [7, 11) is 0. The predicted molar refractivity (Wildman–Crippen MR) is 59.9 cm³/mol. The van der Waals surface area contributed by atoms with Crippen molar-refractivity contribution in [3.8, 4) is 0 Å². The molecule has 3 rings (SSSR count). The molecular formula is C13H17NO. The molecule has 1 N–H and O–H groups in total. The second-order valence-corrected chi connectivity index (χ2v) is 4.44. The molecule has 2 aliphatic rings. The van der Waals surface area contributed by atoms with Gasteiger partial charge in [-0.3, -0.25) is 0 Å². The molecule has 2 heterocycles. The molecule has 0 spiro atoms. The summed E-state index contributed by atoms with van der Waals surface area (Å²) in [6, 6.07) is 9.24. The summed E-state index contributed by atoms with van der Waals surface area (Å²) in [5.41, 5.74) is 2.88. The Labute approximate surface area is 90.6 Å². The number of hydrogen-bond acceptors (Lipinski definition) is 2. The van der Waals surface area contributed by atoms with Gasteiger partial charge in [0.2, 0.25) is 0 Å². The average Bonchev–Trinajstić information content (AvgIpc) is 2.82. The summed E-state index contributed by atoms with van der Waals surface area (Å²) in [5.74, 6) is 0. The molecule has 0 aliphatic carbocycles. The molecule has 2 nitrogen and oxygen atoms in total. The Morgan fingerprint density at radius 1 is 1.27 bits per heavy atom. The van der Waals surface area contributed by atoms with Crippen LogP contribution in [0.4, 0.5) is 0 Å². The molecule has 80 valence electrons. The van der Waals surface area contributed by atoms with Crippen LogP contribution in [-0.2, 0) is 11.2 Å². The van der Waals surface area contributed by atoms with Crippen LogP contribution >= 0.6 is 0 Å². The lowest BCUT2D eigenvalue weighted by Gasteiger charge is -2.30. The molecule has 0 saturated carbocycles. The van der Waals surface area contributed by atoms with Crippen molar-refractivity contribution in [2.24, 2.45) is 0 Å². The molecule has 0 radical (unpaired) electrons. The maximum absolute atomic E-state index is 5.93. The van der Waals surface area contributed by atoms with Gasteiger partial charge in [-0.1, -0.05) is 24.3 Å². The van der Waals surface area contributed by atoms with Crippen molar-refractivity contribution < 1.29 is 4.74 Å². The van der Waals surface area contributed by atoms with Crippen molar-refractivity contribution in [1.29, 1.82) is 0 Å². The van der Waals surface area contributed by atoms with E-state index in [1.54, 1.807) is 0 Å². The zero-order valence-corrected chi connectivity index (χ0v) is 8.91. The van der Waals surface area contributed by atoms with E-state index in [4.69, 9.17) is 4.74 Å². The Hall–Kier alpha value is -0.860. The lowest BCUT2D eigenvalue weighted by molar-refractivity contribution is 0.0199. The smallest absolute Gasteiger partial charge is 0.0980 e. The molecule has 2 aliphatic heterocycles. The van der Waals surface area contributed by atoms with Crippen LogP contribution in [-0.4, -0.2) is 19.2 Å². The summed E-state index contributed by atoms with van der Waals surface area (Å²) in [6.45, 7) is 2.02. The van der Waals surface area contributed by atoms with E-state index in [2.05, 4.69) is 29.6 Å². The van der Waals surface area contributed by atoms with Gasteiger partial charge >= 0.3 is 0 Å². The summed E-state index contributed by atoms with van der Waals surface area (Å²) < 4.78 is 5.93. The van der Waals surface area contributed by atoms with E-state index >= 15 is 0 Å². The number of nitrogens with one attached hydrogen (secondary N) is 1. The predicted octanol–water partition coefficient (Wildman–Crippen LogP) is 2.05. The van der Waals surface area contributed by atoms with Crippen molar-refractivity contribution in [2.45, 2.75) is 31.4 Å². The van der Waals surface area contributed by atoms with Crippen LogP contribution in [0.1, 0.15) is 30.1 Å². The first-order chi connectivity index (χ1) is 7.45. The molecule has 2 atom stereocenters. The van der Waals surface area contributed by atoms with Crippen LogP contribution in [0.3, 0.4) is 0 Å². The van der Waals surface area contributed by atoms with Gasteiger partial charge in [0.15, 0.2) is 0 Å². The fourth-order valence-electron chi connectivity index (χ4n) is 2.73. The van der Waals surface area contributed by atoms with Crippen molar-refractivity contribution >= 4 is 0 Å². The third-order valence-corrected chi connectivity index (χ3v) is 3.49. The topological polar surface area (TPSA) is 21.3 Å². The van der Waals surface area contributed by atoms with Gasteiger partial charge < -0.3 is 10.1 Å². The minimum atomic E-state index is 0.289. The van der Waals surface area contributed by atoms with E-state index in [0.29, 0.717) is 6.04 Å². The van der Waals surface area contributed by atoms with Crippen LogP contribution in [0, 0.1) is 0 Å². The standard InChI is InChI=1S/C13H17NO/c1-2-5-11-10(4-1)7-9-15-13(11)12-6-3-8-14-12/h1-2,4-5,12-14H,3,6-9H2/t12-,13+/m0/s1. The Bertz CT molecular complexity index is 344. The van der Waals surface area contributed by atoms with E-state index in [-0.39, 0.29) is 6.10 Å². The van der Waals surface area contributed by atoms with Gasteiger partial charge in [0.05, 0.1) is 12.7 Å². The second-order valence-electron chi connectivity index (χ2n) is 4.44. The van der Waals surface area contributed by atoms with Gasteiger partial charge in [-0.15, -0.1) is 0 Å². The highest BCUT2D eigenvalue weighted by Crippen LogP contribution is 2.32. The number of hydrogen-bond donors (Lipinski definition) is 1. The molecule has 1 fully saturated rings. The van der Waals surface area contributed by atoms with Gasteiger partial charge in [0.25, 0.3) is 0 Å². The van der Waals surface area contributed by atoms with Crippen LogP contribution in [0.2, 0.25) is 0 Å². The van der Waals surface area contributed by atoms with Gasteiger partial charge in [-0.2, -0.15) is 0 Å². The molecular weight excluding hydrogens is 186 g/mol. The summed E-state index contributed by atoms with van der Waals surface area (Å²) in [4.78, 5) is 0. The van der Waals surface area contributed by atoms with E-state index in [9.17, 15) is 0 Å². The summed E-state index contributed by atoms with van der Waals surface area (Å²) >= 11 is 0. The van der Waals surface area contributed by atoms with E-state index in [1.165, 1.54) is 24.0 Å². The monoisotopic (exact) mass is 203 g/mol. The summed E-state index contributed by atoms with van der Waals surface area (Å²) in [5, 5.41) is 3.54. The highest BCUT2D eigenvalue weighted by atomic mass is 16.5. The van der Waals surface area contributed by atoms with Crippen LogP contribution in [0.25, 0.3) is 0 Å². The first kappa shape index (κ1) is 9.37. The van der Waals surface area contributed by atoms with Gasteiger partial charge in [-0.25, -0.2) is 0 Å². The Morgan fingerprint density at radius 3 is 3.07 bits per heavy atom. The third kappa shape index (κ3) is 1.68. The van der Waals surface area contributed by atoms with Crippen molar-refractivity contribution in [3.63, 3.8) is 0 Å². The maximum Gasteiger partial charge on any atom is 0.0980 e. The first-order valence-electron chi connectivity index (χ1n) is 5.88. The van der Waals surface area contributed by atoms with Crippen molar-refractivity contribution in [2.75, 3.05) is 13.2 Å². The highest BCUT2D eigenvalue weighted by Gasteiger charge is 2.30. The lowest BCUT2D eigenvalue weighted by Crippen LogP contribution is -2.33. The maximum atomic E-state index is 5.93. The van der Waals surface area contributed by atoms with Crippen LogP contribution in [0.5, 0.6) is 0 Å². The largest absolute Gasteiger partial charge is 0.372 e. The fraction of sp³-hybridized carbons (Fsp3) is 0.538. The molecule has 15 heavy (non-hydrogen) atoms. The highest BCUT2D eigenvalue weighted by molar-refractivity contribution is 5.32. The number of fused-ring (bicyclic) bond motifs is 1. The number of benzene rings is 1. The van der Waals surface area contributed by atoms with E-state index in [1.807, 2.05) is 0 Å². The molecule has 1 saturated heterocycles.